The summed E-state index contributed by atoms with van der Waals surface area (Å²) in [6.07, 6.45) is 10.3. The number of carbonyl (C=O) groups is 3. The van der Waals surface area contributed by atoms with E-state index in [1.807, 2.05) is 0 Å². The van der Waals surface area contributed by atoms with Gasteiger partial charge in [0, 0.05) is 30.4 Å². The number of hydrogen-bond donors (Lipinski definition) is 0. The minimum Gasteiger partial charge on any atom is -0.294 e. The van der Waals surface area contributed by atoms with E-state index in [1.165, 1.54) is 53.4 Å². The van der Waals surface area contributed by atoms with Gasteiger partial charge in [-0.05, 0) is 30.7 Å². The van der Waals surface area contributed by atoms with Gasteiger partial charge in [-0.15, -0.1) is 0 Å². The summed E-state index contributed by atoms with van der Waals surface area (Å²) in [6, 6.07) is 6.61. The van der Waals surface area contributed by atoms with Gasteiger partial charge >= 0.3 is 0 Å². The highest BCUT2D eigenvalue weighted by Crippen LogP contribution is 2.13. The second kappa shape index (κ2) is 6.88. The van der Waals surface area contributed by atoms with E-state index in [-0.39, 0.29) is 17.3 Å². The molecule has 0 saturated carbocycles. The fourth-order valence-corrected chi connectivity index (χ4v) is 2.25. The molecule has 7 heteroatoms. The molecule has 0 fully saturated rings. The number of benzene rings is 1. The average molecular weight is 334 g/mol. The molecule has 25 heavy (non-hydrogen) atoms. The molecule has 0 spiro atoms. The first-order valence-corrected chi connectivity index (χ1v) is 7.44. The van der Waals surface area contributed by atoms with E-state index in [0.717, 1.165) is 0 Å². The van der Waals surface area contributed by atoms with Crippen molar-refractivity contribution in [1.29, 1.82) is 0 Å². The van der Waals surface area contributed by atoms with E-state index < -0.39 is 5.91 Å². The molecule has 0 aliphatic rings. The molecule has 0 atom stereocenters. The quantitative estimate of drug-likeness (QED) is 0.414. The van der Waals surface area contributed by atoms with E-state index in [1.54, 1.807) is 30.5 Å². The van der Waals surface area contributed by atoms with Crippen molar-refractivity contribution in [3.05, 3.63) is 78.4 Å². The highest BCUT2D eigenvalue weighted by Gasteiger charge is 2.16. The second-order valence-electron chi connectivity index (χ2n) is 5.29. The molecule has 0 amide bonds. The molecule has 124 valence electrons. The third kappa shape index (κ3) is 3.50. The topological polar surface area (TPSA) is 86.9 Å². The van der Waals surface area contributed by atoms with Crippen molar-refractivity contribution in [3.8, 4) is 0 Å². The lowest BCUT2D eigenvalue weighted by Gasteiger charge is -2.05. The maximum absolute atomic E-state index is 12.4. The third-order valence-electron chi connectivity index (χ3n) is 3.56. The van der Waals surface area contributed by atoms with Gasteiger partial charge in [0.25, 0.3) is 11.8 Å². The molecule has 3 rings (SSSR count). The maximum atomic E-state index is 12.4. The zero-order valence-corrected chi connectivity index (χ0v) is 13.4. The van der Waals surface area contributed by atoms with Crippen LogP contribution in [0.25, 0.3) is 6.08 Å². The van der Waals surface area contributed by atoms with Gasteiger partial charge < -0.3 is 0 Å². The molecule has 0 radical (unpaired) electrons. The number of imidazole rings is 2. The van der Waals surface area contributed by atoms with Crippen LogP contribution in [0.2, 0.25) is 0 Å². The predicted octanol–water partition coefficient (Wildman–Crippen LogP) is 2.08. The summed E-state index contributed by atoms with van der Waals surface area (Å²) in [5.41, 5.74) is 1.15. The Morgan fingerprint density at radius 2 is 1.52 bits per heavy atom. The number of carbonyl (C=O) groups excluding carboxylic acids is 3. The van der Waals surface area contributed by atoms with Gasteiger partial charge in [0.15, 0.2) is 5.78 Å². The Balaban J connectivity index is 1.87. The molecule has 0 unspecified atom stereocenters. The summed E-state index contributed by atoms with van der Waals surface area (Å²) in [7, 11) is 0. The molecular formula is C18H14N4O3. The number of allylic oxidation sites excluding steroid dienone is 1. The normalized spacial score (nSPS) is 11.3. The first kappa shape index (κ1) is 16.3. The number of ketones is 1. The molecule has 7 nitrogen and oxygen atoms in total. The van der Waals surface area contributed by atoms with Crippen LogP contribution in [0.3, 0.4) is 0 Å². The summed E-state index contributed by atoms with van der Waals surface area (Å²) in [5.74, 6) is -1.02. The molecule has 0 aliphatic heterocycles. The number of aromatic nitrogens is 4. The van der Waals surface area contributed by atoms with Gasteiger partial charge in [-0.1, -0.05) is 12.1 Å². The Hall–Kier alpha value is -3.61. The van der Waals surface area contributed by atoms with Crippen molar-refractivity contribution in [2.45, 2.75) is 6.92 Å². The molecular weight excluding hydrogens is 320 g/mol. The van der Waals surface area contributed by atoms with Gasteiger partial charge in [0.05, 0.1) is 5.57 Å². The van der Waals surface area contributed by atoms with Crippen LogP contribution in [0.4, 0.5) is 0 Å². The van der Waals surface area contributed by atoms with Crippen LogP contribution >= 0.6 is 0 Å². The Labute approximate surface area is 143 Å². The first-order chi connectivity index (χ1) is 12.1. The number of hydrogen-bond acceptors (Lipinski definition) is 5. The van der Waals surface area contributed by atoms with Crippen LogP contribution in [0.1, 0.15) is 27.6 Å². The number of nitrogens with zero attached hydrogens (tertiary/aromatic N) is 4. The van der Waals surface area contributed by atoms with Crippen molar-refractivity contribution in [2.75, 3.05) is 0 Å². The van der Waals surface area contributed by atoms with Crippen LogP contribution in [-0.2, 0) is 4.79 Å². The summed E-state index contributed by atoms with van der Waals surface area (Å²) < 4.78 is 2.61. The Morgan fingerprint density at radius 3 is 2.04 bits per heavy atom. The van der Waals surface area contributed by atoms with E-state index >= 15 is 0 Å². The maximum Gasteiger partial charge on any atom is 0.266 e. The SMILES string of the molecule is CC(=O)/C(=C\c1ccc(C(=O)n2ccnc2)cc1)C(=O)n1ccnc1. The lowest BCUT2D eigenvalue weighted by molar-refractivity contribution is -0.113. The van der Waals surface area contributed by atoms with Gasteiger partial charge in [0.2, 0.25) is 0 Å². The minimum absolute atomic E-state index is 0.0340. The summed E-state index contributed by atoms with van der Waals surface area (Å²) in [4.78, 5) is 44.0. The van der Waals surface area contributed by atoms with E-state index in [0.29, 0.717) is 11.1 Å². The smallest absolute Gasteiger partial charge is 0.266 e. The lowest BCUT2D eigenvalue weighted by atomic mass is 10.1. The monoisotopic (exact) mass is 334 g/mol. The summed E-state index contributed by atoms with van der Waals surface area (Å²) in [5, 5.41) is 0. The molecule has 2 heterocycles. The van der Waals surface area contributed by atoms with E-state index in [4.69, 9.17) is 0 Å². The molecule has 2 aromatic heterocycles. The number of rotatable bonds is 4. The van der Waals surface area contributed by atoms with Crippen LogP contribution < -0.4 is 0 Å². The van der Waals surface area contributed by atoms with Crippen LogP contribution in [0.5, 0.6) is 0 Å². The fourth-order valence-electron chi connectivity index (χ4n) is 2.25. The molecule has 0 aliphatic carbocycles. The third-order valence-corrected chi connectivity index (χ3v) is 3.56. The first-order valence-electron chi connectivity index (χ1n) is 7.44. The zero-order chi connectivity index (χ0) is 17.8. The lowest BCUT2D eigenvalue weighted by Crippen LogP contribution is -2.16. The molecule has 1 aromatic carbocycles. The van der Waals surface area contributed by atoms with Gasteiger partial charge in [0.1, 0.15) is 12.7 Å². The summed E-state index contributed by atoms with van der Waals surface area (Å²) >= 11 is 0. The van der Waals surface area contributed by atoms with Crippen LogP contribution in [0, 0.1) is 0 Å². The minimum atomic E-state index is -0.455. The van der Waals surface area contributed by atoms with Gasteiger partial charge in [-0.25, -0.2) is 9.97 Å². The van der Waals surface area contributed by atoms with Crippen molar-refractivity contribution in [2.24, 2.45) is 0 Å². The van der Waals surface area contributed by atoms with Gasteiger partial charge in [-0.2, -0.15) is 0 Å². The van der Waals surface area contributed by atoms with Crippen molar-refractivity contribution in [1.82, 2.24) is 19.1 Å². The van der Waals surface area contributed by atoms with Gasteiger partial charge in [-0.3, -0.25) is 23.5 Å². The Morgan fingerprint density at radius 1 is 0.920 bits per heavy atom. The highest BCUT2D eigenvalue weighted by molar-refractivity contribution is 6.22. The van der Waals surface area contributed by atoms with Crippen LogP contribution in [-0.4, -0.2) is 36.7 Å². The molecule has 0 N–H and O–H groups in total. The van der Waals surface area contributed by atoms with E-state index in [9.17, 15) is 14.4 Å². The van der Waals surface area contributed by atoms with E-state index in [2.05, 4.69) is 9.97 Å². The second-order valence-corrected chi connectivity index (χ2v) is 5.29. The zero-order valence-electron chi connectivity index (χ0n) is 13.4. The molecule has 0 bridgehead atoms. The summed E-state index contributed by atoms with van der Waals surface area (Å²) in [6.45, 7) is 1.33. The molecule has 0 saturated heterocycles. The van der Waals surface area contributed by atoms with Crippen molar-refractivity contribution in [3.63, 3.8) is 0 Å². The Kier molecular flexibility index (Phi) is 4.47. The highest BCUT2D eigenvalue weighted by atomic mass is 16.2. The van der Waals surface area contributed by atoms with Crippen molar-refractivity contribution >= 4 is 23.7 Å². The fraction of sp³-hybridized carbons (Fsp3) is 0.0556. The predicted molar refractivity (Wildman–Crippen MR) is 89.9 cm³/mol. The molecule has 3 aromatic rings. The standard InChI is InChI=1S/C18H14N4O3/c1-13(23)16(18(25)22-9-7-20-12-22)10-14-2-4-15(5-3-14)17(24)21-8-6-19-11-21/h2-12H,1H3/b16-10+. The largest absolute Gasteiger partial charge is 0.294 e. The Bertz CT molecular complexity index is 937. The number of Topliss-reactive ketones (excluding diaryl/α,β-unsaturated/α-hetero) is 1. The average Bonchev–Trinajstić information content (AvgIpc) is 3.32. The van der Waals surface area contributed by atoms with Crippen LogP contribution in [0.15, 0.2) is 67.3 Å². The van der Waals surface area contributed by atoms with Crippen molar-refractivity contribution < 1.29 is 14.4 Å².